The molecular weight excluding hydrogens is 242 g/mol. The van der Waals surface area contributed by atoms with Crippen LogP contribution in [0.2, 0.25) is 5.02 Å². The summed E-state index contributed by atoms with van der Waals surface area (Å²) in [4.78, 5) is 0. The van der Waals surface area contributed by atoms with E-state index < -0.39 is 0 Å². The molecule has 0 aliphatic heterocycles. The first-order chi connectivity index (χ1) is 5.52. The molecule has 12 heavy (non-hydrogen) atoms. The summed E-state index contributed by atoms with van der Waals surface area (Å²) in [7, 11) is 0. The Bertz CT molecular complexity index is 297. The predicted molar refractivity (Wildman–Crippen MR) is 53.2 cm³/mol. The highest BCUT2D eigenvalue weighted by Crippen LogP contribution is 2.31. The van der Waals surface area contributed by atoms with Gasteiger partial charge in [-0.25, -0.2) is 4.39 Å². The normalized spacial score (nSPS) is 10.8. The summed E-state index contributed by atoms with van der Waals surface area (Å²) in [6.07, 6.45) is 0. The van der Waals surface area contributed by atoms with Crippen LogP contribution in [0.4, 0.5) is 4.39 Å². The monoisotopic (exact) mass is 250 g/mol. The molecule has 66 valence electrons. The summed E-state index contributed by atoms with van der Waals surface area (Å²) in [5.74, 6) is -0.0144. The average Bonchev–Trinajstić information content (AvgIpc) is 1.96. The third-order valence-corrected chi connectivity index (χ3v) is 2.92. The van der Waals surface area contributed by atoms with Crippen molar-refractivity contribution in [2.24, 2.45) is 0 Å². The van der Waals surface area contributed by atoms with Crippen molar-refractivity contribution < 1.29 is 4.39 Å². The fraction of sp³-hybridized carbons (Fsp3) is 0.333. The van der Waals surface area contributed by atoms with Gasteiger partial charge in [0.1, 0.15) is 5.82 Å². The van der Waals surface area contributed by atoms with Gasteiger partial charge in [0.25, 0.3) is 0 Å². The molecule has 3 heteroatoms. The smallest absolute Gasteiger partial charge is 0.124 e. The van der Waals surface area contributed by atoms with E-state index in [4.69, 9.17) is 11.6 Å². The van der Waals surface area contributed by atoms with E-state index in [2.05, 4.69) is 15.9 Å². The van der Waals surface area contributed by atoms with Gasteiger partial charge < -0.3 is 0 Å². The first kappa shape index (κ1) is 10.0. The maximum Gasteiger partial charge on any atom is 0.124 e. The van der Waals surface area contributed by atoms with Crippen molar-refractivity contribution in [3.8, 4) is 0 Å². The van der Waals surface area contributed by atoms with E-state index in [1.54, 1.807) is 0 Å². The van der Waals surface area contributed by atoms with Crippen LogP contribution in [0.5, 0.6) is 0 Å². The average molecular weight is 252 g/mol. The van der Waals surface area contributed by atoms with Crippen molar-refractivity contribution in [3.05, 3.63) is 33.0 Å². The van der Waals surface area contributed by atoms with Gasteiger partial charge in [0, 0.05) is 4.47 Å². The van der Waals surface area contributed by atoms with Crippen molar-refractivity contribution in [2.45, 2.75) is 19.8 Å². The Morgan fingerprint density at radius 3 is 2.50 bits per heavy atom. The zero-order valence-corrected chi connectivity index (χ0v) is 9.21. The molecule has 0 radical (unpaired) electrons. The van der Waals surface area contributed by atoms with Crippen LogP contribution in [-0.2, 0) is 0 Å². The van der Waals surface area contributed by atoms with E-state index in [0.717, 1.165) is 5.56 Å². The maximum absolute atomic E-state index is 12.9. The number of hydrogen-bond donors (Lipinski definition) is 0. The molecule has 0 aliphatic rings. The highest BCUT2D eigenvalue weighted by molar-refractivity contribution is 9.10. The number of benzene rings is 1. The highest BCUT2D eigenvalue weighted by Gasteiger charge is 2.09. The molecule has 0 fully saturated rings. The van der Waals surface area contributed by atoms with Gasteiger partial charge in [-0.05, 0) is 39.5 Å². The van der Waals surface area contributed by atoms with Crippen LogP contribution in [0.15, 0.2) is 16.6 Å². The SMILES string of the molecule is CC(C)c1cc(F)cc(Br)c1Cl. The molecular formula is C9H9BrClF. The predicted octanol–water partition coefficient (Wildman–Crippen LogP) is 4.37. The Morgan fingerprint density at radius 1 is 1.42 bits per heavy atom. The fourth-order valence-corrected chi connectivity index (χ4v) is 1.77. The Kier molecular flexibility index (Phi) is 3.13. The van der Waals surface area contributed by atoms with E-state index >= 15 is 0 Å². The van der Waals surface area contributed by atoms with Crippen molar-refractivity contribution >= 4 is 27.5 Å². The lowest BCUT2D eigenvalue weighted by Gasteiger charge is -2.09. The lowest BCUT2D eigenvalue weighted by Crippen LogP contribution is -1.91. The van der Waals surface area contributed by atoms with Gasteiger partial charge in [0.2, 0.25) is 0 Å². The van der Waals surface area contributed by atoms with Crippen LogP contribution >= 0.6 is 27.5 Å². The lowest BCUT2D eigenvalue weighted by atomic mass is 10.0. The molecule has 0 amide bonds. The van der Waals surface area contributed by atoms with Gasteiger partial charge in [-0.2, -0.15) is 0 Å². The molecule has 0 heterocycles. The van der Waals surface area contributed by atoms with Crippen molar-refractivity contribution in [2.75, 3.05) is 0 Å². The maximum atomic E-state index is 12.9. The van der Waals surface area contributed by atoms with Gasteiger partial charge in [-0.15, -0.1) is 0 Å². The third-order valence-electron chi connectivity index (χ3n) is 1.64. The van der Waals surface area contributed by atoms with Crippen LogP contribution in [-0.4, -0.2) is 0 Å². The van der Waals surface area contributed by atoms with Crippen molar-refractivity contribution in [3.63, 3.8) is 0 Å². The zero-order chi connectivity index (χ0) is 9.30. The molecule has 1 aromatic carbocycles. The van der Waals surface area contributed by atoms with E-state index in [1.165, 1.54) is 12.1 Å². The Balaban J connectivity index is 3.28. The quantitative estimate of drug-likeness (QED) is 0.650. The summed E-state index contributed by atoms with van der Waals surface area (Å²) >= 11 is 9.14. The number of rotatable bonds is 1. The molecule has 0 spiro atoms. The Hall–Kier alpha value is -0.0800. The molecule has 0 unspecified atom stereocenters. The van der Waals surface area contributed by atoms with Gasteiger partial charge in [-0.1, -0.05) is 25.4 Å². The minimum atomic E-state index is -0.255. The van der Waals surface area contributed by atoms with Gasteiger partial charge in [-0.3, -0.25) is 0 Å². The van der Waals surface area contributed by atoms with Gasteiger partial charge >= 0.3 is 0 Å². The Labute approximate surface area is 84.9 Å². The Morgan fingerprint density at radius 2 is 2.00 bits per heavy atom. The molecule has 0 bridgehead atoms. The van der Waals surface area contributed by atoms with Crippen LogP contribution in [0.3, 0.4) is 0 Å². The van der Waals surface area contributed by atoms with E-state index in [0.29, 0.717) is 9.50 Å². The summed E-state index contributed by atoms with van der Waals surface area (Å²) < 4.78 is 13.5. The molecule has 0 aromatic heterocycles. The second-order valence-corrected chi connectivity index (χ2v) is 4.18. The second kappa shape index (κ2) is 3.75. The van der Waals surface area contributed by atoms with E-state index in [-0.39, 0.29) is 11.7 Å². The van der Waals surface area contributed by atoms with Crippen molar-refractivity contribution in [1.82, 2.24) is 0 Å². The summed E-state index contributed by atoms with van der Waals surface area (Å²) in [6, 6.07) is 2.84. The largest absolute Gasteiger partial charge is 0.207 e. The van der Waals surface area contributed by atoms with Crippen molar-refractivity contribution in [1.29, 1.82) is 0 Å². The summed E-state index contributed by atoms with van der Waals surface area (Å²) in [5.41, 5.74) is 0.837. The van der Waals surface area contributed by atoms with Crippen LogP contribution in [0, 0.1) is 5.82 Å². The summed E-state index contributed by atoms with van der Waals surface area (Å²) in [6.45, 7) is 3.96. The van der Waals surface area contributed by atoms with Crippen LogP contribution in [0.25, 0.3) is 0 Å². The van der Waals surface area contributed by atoms with Crippen LogP contribution < -0.4 is 0 Å². The topological polar surface area (TPSA) is 0 Å². The zero-order valence-electron chi connectivity index (χ0n) is 6.87. The molecule has 0 aliphatic carbocycles. The molecule has 1 rings (SSSR count). The highest BCUT2D eigenvalue weighted by atomic mass is 79.9. The first-order valence-corrected chi connectivity index (χ1v) is 4.84. The van der Waals surface area contributed by atoms with E-state index in [1.807, 2.05) is 13.8 Å². The number of halogens is 3. The lowest BCUT2D eigenvalue weighted by molar-refractivity contribution is 0.622. The van der Waals surface area contributed by atoms with Crippen LogP contribution in [0.1, 0.15) is 25.3 Å². The third kappa shape index (κ3) is 1.99. The minimum Gasteiger partial charge on any atom is -0.207 e. The fourth-order valence-electron chi connectivity index (χ4n) is 0.996. The molecule has 0 saturated carbocycles. The van der Waals surface area contributed by atoms with E-state index in [9.17, 15) is 4.39 Å². The van der Waals surface area contributed by atoms with Gasteiger partial charge in [0.05, 0.1) is 5.02 Å². The molecule has 0 atom stereocenters. The molecule has 1 aromatic rings. The standard InChI is InChI=1S/C9H9BrClF/c1-5(2)7-3-6(12)4-8(10)9(7)11/h3-5H,1-2H3. The first-order valence-electron chi connectivity index (χ1n) is 3.67. The minimum absolute atomic E-state index is 0.240. The number of hydrogen-bond acceptors (Lipinski definition) is 0. The molecule has 0 nitrogen and oxygen atoms in total. The summed E-state index contributed by atoms with van der Waals surface area (Å²) in [5, 5.41) is 0.603. The van der Waals surface area contributed by atoms with Gasteiger partial charge in [0.15, 0.2) is 0 Å². The molecule has 0 saturated heterocycles. The second-order valence-electron chi connectivity index (χ2n) is 2.95. The molecule has 0 N–H and O–H groups in total.